The summed E-state index contributed by atoms with van der Waals surface area (Å²) in [4.78, 5) is 15.7. The van der Waals surface area contributed by atoms with Gasteiger partial charge in [0, 0.05) is 0 Å². The zero-order valence-corrected chi connectivity index (χ0v) is 12.9. The molecule has 1 aromatic carbocycles. The van der Waals surface area contributed by atoms with E-state index in [0.717, 1.165) is 17.4 Å². The number of rotatable bonds is 3. The molecule has 7 nitrogen and oxygen atoms in total. The molecular weight excluding hydrogens is 314 g/mol. The van der Waals surface area contributed by atoms with E-state index in [-0.39, 0.29) is 21.1 Å². The van der Waals surface area contributed by atoms with Crippen LogP contribution in [0, 0.1) is 5.82 Å². The predicted molar refractivity (Wildman–Crippen MR) is 80.3 cm³/mol. The summed E-state index contributed by atoms with van der Waals surface area (Å²) in [6, 6.07) is 2.32. The standard InChI is InChI=1S/C12H14BFN2O5S/c1-12(2,3)20-11(17)16-10-15-8-7(21-13(18)19)5-4-6(14)9(8)22-10/h4-5,18-19H,1-3H3,(H,15,16,17). The van der Waals surface area contributed by atoms with Crippen LogP contribution < -0.4 is 9.97 Å². The van der Waals surface area contributed by atoms with Crippen molar-refractivity contribution in [2.75, 3.05) is 5.32 Å². The maximum atomic E-state index is 13.8. The highest BCUT2D eigenvalue weighted by atomic mass is 32.1. The number of hydrogen-bond acceptors (Lipinski definition) is 7. The Kier molecular flexibility index (Phi) is 4.54. The van der Waals surface area contributed by atoms with Gasteiger partial charge in [-0.15, -0.1) is 0 Å². The average Bonchev–Trinajstić information content (AvgIpc) is 2.74. The molecule has 0 aliphatic heterocycles. The third-order valence-corrected chi connectivity index (χ3v) is 3.28. The van der Waals surface area contributed by atoms with Crippen molar-refractivity contribution >= 4 is 40.1 Å². The van der Waals surface area contributed by atoms with Gasteiger partial charge in [-0.25, -0.2) is 14.2 Å². The van der Waals surface area contributed by atoms with Crippen molar-refractivity contribution in [2.24, 2.45) is 0 Å². The number of amides is 1. The van der Waals surface area contributed by atoms with E-state index in [9.17, 15) is 9.18 Å². The molecule has 0 aliphatic rings. The monoisotopic (exact) mass is 328 g/mol. The Hall–Kier alpha value is -1.91. The van der Waals surface area contributed by atoms with E-state index in [1.807, 2.05) is 0 Å². The van der Waals surface area contributed by atoms with Gasteiger partial charge in [-0.3, -0.25) is 5.32 Å². The van der Waals surface area contributed by atoms with Gasteiger partial charge in [-0.1, -0.05) is 11.3 Å². The van der Waals surface area contributed by atoms with Crippen LogP contribution in [0.3, 0.4) is 0 Å². The lowest BCUT2D eigenvalue weighted by Gasteiger charge is -2.18. The molecule has 0 fully saturated rings. The van der Waals surface area contributed by atoms with Gasteiger partial charge in [0.25, 0.3) is 0 Å². The molecular formula is C12H14BFN2O5S. The Bertz CT molecular complexity index is 701. The number of aromatic nitrogens is 1. The molecule has 1 heterocycles. The molecule has 2 aromatic rings. The summed E-state index contributed by atoms with van der Waals surface area (Å²) < 4.78 is 23.7. The predicted octanol–water partition coefficient (Wildman–Crippen LogP) is 2.13. The van der Waals surface area contributed by atoms with Crippen molar-refractivity contribution in [3.05, 3.63) is 17.9 Å². The van der Waals surface area contributed by atoms with Gasteiger partial charge >= 0.3 is 13.4 Å². The number of halogens is 1. The Labute approximate surface area is 129 Å². The molecule has 3 N–H and O–H groups in total. The maximum Gasteiger partial charge on any atom is 0.707 e. The minimum absolute atomic E-state index is 0.0140. The first-order valence-corrected chi connectivity index (χ1v) is 7.09. The van der Waals surface area contributed by atoms with Crippen molar-refractivity contribution < 1.29 is 28.6 Å². The summed E-state index contributed by atoms with van der Waals surface area (Å²) in [5, 5.41) is 20.2. The molecule has 1 amide bonds. The number of hydrogen-bond donors (Lipinski definition) is 3. The second kappa shape index (κ2) is 6.07. The molecule has 0 spiro atoms. The molecule has 0 atom stereocenters. The third-order valence-electron chi connectivity index (χ3n) is 2.30. The lowest BCUT2D eigenvalue weighted by atomic mass is 10.2. The van der Waals surface area contributed by atoms with Crippen LogP contribution >= 0.6 is 11.3 Å². The van der Waals surface area contributed by atoms with Crippen LogP contribution in [0.2, 0.25) is 0 Å². The van der Waals surface area contributed by atoms with Gasteiger partial charge < -0.3 is 19.4 Å². The summed E-state index contributed by atoms with van der Waals surface area (Å²) in [5.74, 6) is -0.579. The van der Waals surface area contributed by atoms with Gasteiger partial charge in [0.1, 0.15) is 22.7 Å². The Morgan fingerprint density at radius 3 is 2.68 bits per heavy atom. The van der Waals surface area contributed by atoms with Gasteiger partial charge in [0.05, 0.1) is 4.70 Å². The Morgan fingerprint density at radius 2 is 2.09 bits per heavy atom. The van der Waals surface area contributed by atoms with Gasteiger partial charge in [-0.05, 0) is 32.9 Å². The molecule has 118 valence electrons. The Balaban J connectivity index is 2.29. The summed E-state index contributed by atoms with van der Waals surface area (Å²) >= 11 is 0.878. The zero-order chi connectivity index (χ0) is 16.5. The summed E-state index contributed by atoms with van der Waals surface area (Å²) in [6.45, 7) is 5.12. The third kappa shape index (κ3) is 4.06. The largest absolute Gasteiger partial charge is 0.707 e. The van der Waals surface area contributed by atoms with Crippen molar-refractivity contribution in [2.45, 2.75) is 26.4 Å². The van der Waals surface area contributed by atoms with Crippen LogP contribution in [0.25, 0.3) is 10.2 Å². The van der Waals surface area contributed by atoms with Crippen LogP contribution in [0.15, 0.2) is 12.1 Å². The topological polar surface area (TPSA) is 101 Å². The number of nitrogens with zero attached hydrogens (tertiary/aromatic N) is 1. The van der Waals surface area contributed by atoms with Crippen LogP contribution in [0.5, 0.6) is 5.75 Å². The van der Waals surface area contributed by atoms with Crippen molar-refractivity contribution in [3.8, 4) is 5.75 Å². The first-order valence-electron chi connectivity index (χ1n) is 6.27. The van der Waals surface area contributed by atoms with E-state index >= 15 is 0 Å². The number of fused-ring (bicyclic) bond motifs is 1. The second-order valence-electron chi connectivity index (χ2n) is 5.31. The molecule has 0 aliphatic carbocycles. The number of anilines is 1. The second-order valence-corrected chi connectivity index (χ2v) is 6.31. The van der Waals surface area contributed by atoms with Crippen LogP contribution in [-0.2, 0) is 4.74 Å². The van der Waals surface area contributed by atoms with Crippen LogP contribution in [0.4, 0.5) is 14.3 Å². The number of benzene rings is 1. The molecule has 0 bridgehead atoms. The van der Waals surface area contributed by atoms with Crippen molar-refractivity contribution in [1.82, 2.24) is 4.98 Å². The van der Waals surface area contributed by atoms with Crippen LogP contribution in [-0.4, -0.2) is 34.0 Å². The first-order chi connectivity index (χ1) is 10.2. The fourth-order valence-electron chi connectivity index (χ4n) is 1.61. The van der Waals surface area contributed by atoms with E-state index < -0.39 is 24.8 Å². The highest BCUT2D eigenvalue weighted by molar-refractivity contribution is 7.22. The van der Waals surface area contributed by atoms with Crippen molar-refractivity contribution in [1.29, 1.82) is 0 Å². The van der Waals surface area contributed by atoms with Crippen molar-refractivity contribution in [3.63, 3.8) is 0 Å². The number of thiazole rings is 1. The molecule has 0 unspecified atom stereocenters. The Morgan fingerprint density at radius 1 is 1.41 bits per heavy atom. The normalized spacial score (nSPS) is 11.4. The molecule has 1 aromatic heterocycles. The smallest absolute Gasteiger partial charge is 0.510 e. The van der Waals surface area contributed by atoms with E-state index in [2.05, 4.69) is 10.3 Å². The van der Waals surface area contributed by atoms with Crippen LogP contribution in [0.1, 0.15) is 20.8 Å². The van der Waals surface area contributed by atoms with Gasteiger partial charge in [0.2, 0.25) is 0 Å². The quantitative estimate of drug-likeness (QED) is 0.746. The first kappa shape index (κ1) is 16.5. The van der Waals surface area contributed by atoms with Gasteiger partial charge in [0.15, 0.2) is 5.13 Å². The lowest BCUT2D eigenvalue weighted by Crippen LogP contribution is -2.27. The highest BCUT2D eigenvalue weighted by Crippen LogP contribution is 2.34. The summed E-state index contributed by atoms with van der Waals surface area (Å²) in [5.41, 5.74) is -0.606. The van der Waals surface area contributed by atoms with E-state index in [4.69, 9.17) is 19.4 Å². The van der Waals surface area contributed by atoms with E-state index in [1.165, 1.54) is 6.07 Å². The van der Waals surface area contributed by atoms with E-state index in [1.54, 1.807) is 20.8 Å². The fourth-order valence-corrected chi connectivity index (χ4v) is 2.48. The summed E-state index contributed by atoms with van der Waals surface area (Å²) in [7, 11) is -2.06. The number of ether oxygens (including phenoxy) is 1. The molecule has 22 heavy (non-hydrogen) atoms. The molecule has 0 radical (unpaired) electrons. The minimum Gasteiger partial charge on any atom is -0.510 e. The number of nitrogens with one attached hydrogen (secondary N) is 1. The van der Waals surface area contributed by atoms with E-state index in [0.29, 0.717) is 0 Å². The highest BCUT2D eigenvalue weighted by Gasteiger charge is 2.21. The maximum absolute atomic E-state index is 13.8. The molecule has 0 saturated carbocycles. The number of carbonyl (C=O) groups is 1. The van der Waals surface area contributed by atoms with Gasteiger partial charge in [-0.2, -0.15) is 0 Å². The zero-order valence-electron chi connectivity index (χ0n) is 12.1. The molecule has 10 heteroatoms. The lowest BCUT2D eigenvalue weighted by molar-refractivity contribution is 0.0636. The SMILES string of the molecule is CC(C)(C)OC(=O)Nc1nc2c(OB(O)O)ccc(F)c2s1. The number of carbonyl (C=O) groups excluding carboxylic acids is 1. The molecule has 2 rings (SSSR count). The minimum atomic E-state index is -2.06. The summed E-state index contributed by atoms with van der Waals surface area (Å²) in [6.07, 6.45) is -0.725. The average molecular weight is 328 g/mol. The molecule has 0 saturated heterocycles. The fraction of sp³-hybridized carbons (Fsp3) is 0.333.